The van der Waals surface area contributed by atoms with Gasteiger partial charge in [0.05, 0.1) is 34.2 Å². The van der Waals surface area contributed by atoms with Gasteiger partial charge in [0.2, 0.25) is 15.9 Å². The van der Waals surface area contributed by atoms with Crippen LogP contribution in [0.1, 0.15) is 11.1 Å². The number of ether oxygens (including phenoxy) is 1. The zero-order valence-corrected chi connectivity index (χ0v) is 20.5. The molecule has 0 spiro atoms. The smallest absolute Gasteiger partial charge is 0.417 e. The molecule has 3 rings (SSSR count). The number of sulfonamides is 1. The summed E-state index contributed by atoms with van der Waals surface area (Å²) in [7, 11) is -2.86. The molecular formula is C23H19Cl2F3N2O4S. The Bertz CT molecular complexity index is 1320. The maximum absolute atomic E-state index is 13.4. The highest BCUT2D eigenvalue weighted by molar-refractivity contribution is 7.89. The van der Waals surface area contributed by atoms with E-state index in [4.69, 9.17) is 27.9 Å². The van der Waals surface area contributed by atoms with Gasteiger partial charge in [0.15, 0.2) is 0 Å². The van der Waals surface area contributed by atoms with Crippen molar-refractivity contribution in [2.24, 2.45) is 0 Å². The number of hydrogen-bond donors (Lipinski definition) is 1. The second-order valence-electron chi connectivity index (χ2n) is 7.30. The van der Waals surface area contributed by atoms with Gasteiger partial charge in [-0.25, -0.2) is 8.42 Å². The number of halogens is 5. The molecule has 186 valence electrons. The maximum atomic E-state index is 13.4. The van der Waals surface area contributed by atoms with Gasteiger partial charge in [-0.3, -0.25) is 4.79 Å². The SMILES string of the molecule is COc1ccc(S(=O)(=O)N(CC(=O)Nc2ccc(Cl)c(C(F)(F)F)c2)Cc2ccccc2)cc1Cl. The molecular weight excluding hydrogens is 528 g/mol. The molecule has 3 aromatic rings. The first-order chi connectivity index (χ1) is 16.4. The number of alkyl halides is 3. The molecule has 0 unspecified atom stereocenters. The van der Waals surface area contributed by atoms with Gasteiger partial charge >= 0.3 is 6.18 Å². The Morgan fingerprint density at radius 3 is 2.29 bits per heavy atom. The molecule has 12 heteroatoms. The van der Waals surface area contributed by atoms with E-state index in [1.165, 1.54) is 31.4 Å². The number of nitrogens with zero attached hydrogens (tertiary/aromatic N) is 1. The molecule has 1 amide bonds. The van der Waals surface area contributed by atoms with Crippen molar-refractivity contribution in [1.82, 2.24) is 4.31 Å². The van der Waals surface area contributed by atoms with E-state index in [0.29, 0.717) is 11.6 Å². The highest BCUT2D eigenvalue weighted by Crippen LogP contribution is 2.36. The molecule has 35 heavy (non-hydrogen) atoms. The number of carbonyl (C=O) groups excluding carboxylic acids is 1. The van der Waals surface area contributed by atoms with E-state index in [1.54, 1.807) is 30.3 Å². The van der Waals surface area contributed by atoms with Gasteiger partial charge in [0.1, 0.15) is 5.75 Å². The quantitative estimate of drug-likeness (QED) is 0.384. The summed E-state index contributed by atoms with van der Waals surface area (Å²) in [4.78, 5) is 12.5. The Kier molecular flexibility index (Phi) is 8.32. The van der Waals surface area contributed by atoms with Crippen molar-refractivity contribution in [3.63, 3.8) is 0 Å². The standard InChI is InChI=1S/C23H19Cl2F3N2O4S/c1-34-21-10-8-17(12-20(21)25)35(32,33)30(13-15-5-3-2-4-6-15)14-22(31)29-16-7-9-19(24)18(11-16)23(26,27)28/h2-12H,13-14H2,1H3,(H,29,31). The maximum Gasteiger partial charge on any atom is 0.417 e. The van der Waals surface area contributed by atoms with E-state index in [2.05, 4.69) is 5.32 Å². The normalized spacial score (nSPS) is 12.0. The molecule has 6 nitrogen and oxygen atoms in total. The van der Waals surface area contributed by atoms with Crippen LogP contribution in [-0.4, -0.2) is 32.3 Å². The van der Waals surface area contributed by atoms with E-state index < -0.39 is 39.2 Å². The molecule has 1 N–H and O–H groups in total. The molecule has 0 radical (unpaired) electrons. The average molecular weight is 547 g/mol. The van der Waals surface area contributed by atoms with E-state index in [1.807, 2.05) is 0 Å². The minimum atomic E-state index is -4.73. The van der Waals surface area contributed by atoms with Crippen LogP contribution in [0.2, 0.25) is 10.0 Å². The molecule has 0 saturated heterocycles. The minimum absolute atomic E-state index is 0.0542. The molecule has 0 aliphatic heterocycles. The van der Waals surface area contributed by atoms with E-state index in [-0.39, 0.29) is 27.9 Å². The third-order valence-electron chi connectivity index (χ3n) is 4.84. The fourth-order valence-electron chi connectivity index (χ4n) is 3.15. The third kappa shape index (κ3) is 6.66. The van der Waals surface area contributed by atoms with Crippen LogP contribution < -0.4 is 10.1 Å². The molecule has 0 aliphatic carbocycles. The Hall–Kier alpha value is -2.79. The highest BCUT2D eigenvalue weighted by Gasteiger charge is 2.34. The van der Waals surface area contributed by atoms with Crippen molar-refractivity contribution in [2.75, 3.05) is 19.0 Å². The van der Waals surface area contributed by atoms with Gasteiger partial charge < -0.3 is 10.1 Å². The van der Waals surface area contributed by atoms with Gasteiger partial charge in [0.25, 0.3) is 0 Å². The summed E-state index contributed by atoms with van der Waals surface area (Å²) < 4.78 is 72.2. The van der Waals surface area contributed by atoms with E-state index >= 15 is 0 Å². The van der Waals surface area contributed by atoms with Crippen LogP contribution in [0, 0.1) is 0 Å². The zero-order chi connectivity index (χ0) is 25.8. The van der Waals surface area contributed by atoms with Crippen LogP contribution >= 0.6 is 23.2 Å². The Labute approximate surface area is 210 Å². The molecule has 0 aliphatic rings. The van der Waals surface area contributed by atoms with Crippen molar-refractivity contribution in [2.45, 2.75) is 17.6 Å². The van der Waals surface area contributed by atoms with Crippen molar-refractivity contribution >= 4 is 44.8 Å². The number of amides is 1. The predicted octanol–water partition coefficient (Wildman–Crippen LogP) is 5.85. The number of rotatable bonds is 8. The molecule has 0 atom stereocenters. The topological polar surface area (TPSA) is 75.7 Å². The van der Waals surface area contributed by atoms with Gasteiger partial charge in [-0.1, -0.05) is 53.5 Å². The summed E-state index contributed by atoms with van der Waals surface area (Å²) >= 11 is 11.7. The largest absolute Gasteiger partial charge is 0.495 e. The molecule has 3 aromatic carbocycles. The second-order valence-corrected chi connectivity index (χ2v) is 10.0. The van der Waals surface area contributed by atoms with Gasteiger partial charge in [-0.05, 0) is 42.0 Å². The van der Waals surface area contributed by atoms with Crippen LogP contribution in [0.5, 0.6) is 5.75 Å². The zero-order valence-electron chi connectivity index (χ0n) is 18.1. The van der Waals surface area contributed by atoms with Crippen molar-refractivity contribution < 1.29 is 31.1 Å². The number of carbonyl (C=O) groups is 1. The summed E-state index contributed by atoms with van der Waals surface area (Å²) in [5, 5.41) is 1.83. The minimum Gasteiger partial charge on any atom is -0.495 e. The van der Waals surface area contributed by atoms with Gasteiger partial charge in [-0.2, -0.15) is 17.5 Å². The van der Waals surface area contributed by atoms with Crippen LogP contribution in [-0.2, 0) is 27.5 Å². The fraction of sp³-hybridized carbons (Fsp3) is 0.174. The van der Waals surface area contributed by atoms with Crippen LogP contribution in [0.4, 0.5) is 18.9 Å². The van der Waals surface area contributed by atoms with E-state index in [0.717, 1.165) is 10.4 Å². The number of methoxy groups -OCH3 is 1. The first-order valence-electron chi connectivity index (χ1n) is 9.96. The summed E-state index contributed by atoms with van der Waals surface area (Å²) in [6.45, 7) is -0.848. The Morgan fingerprint density at radius 1 is 1.00 bits per heavy atom. The lowest BCUT2D eigenvalue weighted by Gasteiger charge is -2.22. The van der Waals surface area contributed by atoms with Crippen LogP contribution in [0.25, 0.3) is 0 Å². The predicted molar refractivity (Wildman–Crippen MR) is 127 cm³/mol. The second kappa shape index (κ2) is 10.9. The first kappa shape index (κ1) is 26.8. The number of benzene rings is 3. The Balaban J connectivity index is 1.90. The highest BCUT2D eigenvalue weighted by atomic mass is 35.5. The molecule has 0 heterocycles. The number of anilines is 1. The summed E-state index contributed by atoms with van der Waals surface area (Å²) in [5.74, 6) is -0.583. The van der Waals surface area contributed by atoms with Crippen LogP contribution in [0.3, 0.4) is 0 Å². The first-order valence-corrected chi connectivity index (χ1v) is 12.2. The van der Waals surface area contributed by atoms with Crippen molar-refractivity contribution in [3.05, 3.63) is 87.9 Å². The molecule has 0 fully saturated rings. The fourth-order valence-corrected chi connectivity index (χ4v) is 5.11. The average Bonchev–Trinajstić information content (AvgIpc) is 2.79. The molecule has 0 bridgehead atoms. The molecule has 0 aromatic heterocycles. The van der Waals surface area contributed by atoms with E-state index in [9.17, 15) is 26.4 Å². The summed E-state index contributed by atoms with van der Waals surface area (Å²) in [5.41, 5.74) is -0.718. The summed E-state index contributed by atoms with van der Waals surface area (Å²) in [6, 6.07) is 15.2. The molecule has 0 saturated carbocycles. The summed E-state index contributed by atoms with van der Waals surface area (Å²) in [6.07, 6.45) is -4.73. The van der Waals surface area contributed by atoms with Crippen LogP contribution in [0.15, 0.2) is 71.6 Å². The number of nitrogens with one attached hydrogen (secondary N) is 1. The van der Waals surface area contributed by atoms with Crippen molar-refractivity contribution in [1.29, 1.82) is 0 Å². The third-order valence-corrected chi connectivity index (χ3v) is 7.25. The monoisotopic (exact) mass is 546 g/mol. The van der Waals surface area contributed by atoms with Crippen molar-refractivity contribution in [3.8, 4) is 5.75 Å². The lowest BCUT2D eigenvalue weighted by molar-refractivity contribution is -0.137. The Morgan fingerprint density at radius 2 is 1.69 bits per heavy atom. The van der Waals surface area contributed by atoms with Gasteiger partial charge in [-0.15, -0.1) is 0 Å². The lowest BCUT2D eigenvalue weighted by Crippen LogP contribution is -2.37. The van der Waals surface area contributed by atoms with Gasteiger partial charge in [0, 0.05) is 12.2 Å². The lowest BCUT2D eigenvalue weighted by atomic mass is 10.2. The number of hydrogen-bond acceptors (Lipinski definition) is 4.